The largest absolute Gasteiger partial charge is 0.494 e. The van der Waals surface area contributed by atoms with Crippen LogP contribution in [0.25, 0.3) is 0 Å². The Morgan fingerprint density at radius 1 is 0.857 bits per heavy atom. The number of amides is 1. The third-order valence-corrected chi connectivity index (χ3v) is 4.97. The van der Waals surface area contributed by atoms with Crippen molar-refractivity contribution in [2.75, 3.05) is 32.1 Å². The van der Waals surface area contributed by atoms with E-state index >= 15 is 0 Å². The lowest BCUT2D eigenvalue weighted by atomic mass is 10.1. The van der Waals surface area contributed by atoms with Crippen molar-refractivity contribution in [1.29, 1.82) is 0 Å². The van der Waals surface area contributed by atoms with Crippen LogP contribution in [0.5, 0.6) is 5.75 Å². The molecule has 0 bridgehead atoms. The zero-order valence-electron chi connectivity index (χ0n) is 17.6. The third-order valence-electron chi connectivity index (χ3n) is 4.71. The molecule has 0 aliphatic rings. The van der Waals surface area contributed by atoms with Gasteiger partial charge in [-0.25, -0.2) is 0 Å². The van der Waals surface area contributed by atoms with Gasteiger partial charge in [-0.15, -0.1) is 11.6 Å². The summed E-state index contributed by atoms with van der Waals surface area (Å²) >= 11 is 5.65. The van der Waals surface area contributed by atoms with E-state index in [1.807, 2.05) is 24.3 Å². The van der Waals surface area contributed by atoms with Crippen LogP contribution >= 0.6 is 11.6 Å². The Morgan fingerprint density at radius 2 is 1.54 bits per heavy atom. The van der Waals surface area contributed by atoms with Gasteiger partial charge in [-0.05, 0) is 50.1 Å². The molecule has 0 heterocycles. The van der Waals surface area contributed by atoms with E-state index < -0.39 is 0 Å². The quantitative estimate of drug-likeness (QED) is 0.246. The fraction of sp³-hybridized carbons (Fsp3) is 0.696. The number of halogens is 1. The third kappa shape index (κ3) is 13.0. The SMILES string of the molecule is CCCCCCCCCOc1ccc(C(=O)NCCNCCCCCCl)cc1. The summed E-state index contributed by atoms with van der Waals surface area (Å²) in [5.41, 5.74) is 0.672. The molecule has 160 valence electrons. The van der Waals surface area contributed by atoms with Crippen LogP contribution in [0.4, 0.5) is 0 Å². The Balaban J connectivity index is 2.07. The Kier molecular flexibility index (Phi) is 15.8. The Morgan fingerprint density at radius 3 is 2.25 bits per heavy atom. The van der Waals surface area contributed by atoms with Crippen LogP contribution in [0.3, 0.4) is 0 Å². The van der Waals surface area contributed by atoms with Crippen LogP contribution in [-0.4, -0.2) is 38.0 Å². The van der Waals surface area contributed by atoms with Crippen LogP contribution in [0.15, 0.2) is 24.3 Å². The van der Waals surface area contributed by atoms with Crippen LogP contribution in [0, 0.1) is 0 Å². The normalized spacial score (nSPS) is 10.8. The van der Waals surface area contributed by atoms with E-state index in [4.69, 9.17) is 16.3 Å². The number of hydrogen-bond donors (Lipinski definition) is 2. The van der Waals surface area contributed by atoms with Crippen molar-refractivity contribution < 1.29 is 9.53 Å². The Hall–Kier alpha value is -1.26. The minimum Gasteiger partial charge on any atom is -0.494 e. The number of rotatable bonds is 18. The highest BCUT2D eigenvalue weighted by Gasteiger charge is 2.05. The second-order valence-electron chi connectivity index (χ2n) is 7.25. The molecule has 0 unspecified atom stereocenters. The second kappa shape index (κ2) is 17.8. The van der Waals surface area contributed by atoms with E-state index in [0.29, 0.717) is 12.1 Å². The number of nitrogens with one attached hydrogen (secondary N) is 2. The highest BCUT2D eigenvalue weighted by molar-refractivity contribution is 6.17. The number of carbonyl (C=O) groups is 1. The number of unbranched alkanes of at least 4 members (excludes halogenated alkanes) is 8. The van der Waals surface area contributed by atoms with E-state index in [-0.39, 0.29) is 5.91 Å². The minimum absolute atomic E-state index is 0.0393. The fourth-order valence-corrected chi connectivity index (χ4v) is 3.15. The highest BCUT2D eigenvalue weighted by atomic mass is 35.5. The molecule has 2 N–H and O–H groups in total. The van der Waals surface area contributed by atoms with Crippen molar-refractivity contribution in [1.82, 2.24) is 10.6 Å². The van der Waals surface area contributed by atoms with E-state index in [2.05, 4.69) is 17.6 Å². The van der Waals surface area contributed by atoms with Gasteiger partial charge in [-0.2, -0.15) is 0 Å². The van der Waals surface area contributed by atoms with E-state index in [0.717, 1.165) is 57.0 Å². The molecule has 1 aromatic carbocycles. The predicted octanol–water partition coefficient (Wildman–Crippen LogP) is 5.54. The molecule has 0 radical (unpaired) electrons. The average molecular weight is 411 g/mol. The first-order valence-corrected chi connectivity index (χ1v) is 11.6. The molecule has 0 saturated heterocycles. The van der Waals surface area contributed by atoms with Gasteiger partial charge >= 0.3 is 0 Å². The lowest BCUT2D eigenvalue weighted by Gasteiger charge is -2.09. The first kappa shape index (κ1) is 24.8. The molecule has 4 nitrogen and oxygen atoms in total. The van der Waals surface area contributed by atoms with Crippen molar-refractivity contribution in [3.8, 4) is 5.75 Å². The van der Waals surface area contributed by atoms with Gasteiger partial charge in [0.15, 0.2) is 0 Å². The summed E-state index contributed by atoms with van der Waals surface area (Å²) in [7, 11) is 0. The number of benzene rings is 1. The first-order chi connectivity index (χ1) is 13.8. The maximum Gasteiger partial charge on any atom is 0.251 e. The maximum absolute atomic E-state index is 12.1. The monoisotopic (exact) mass is 410 g/mol. The Bertz CT molecular complexity index is 494. The highest BCUT2D eigenvalue weighted by Crippen LogP contribution is 2.13. The van der Waals surface area contributed by atoms with Gasteiger partial charge < -0.3 is 15.4 Å². The molecule has 0 saturated carbocycles. The molecule has 0 atom stereocenters. The lowest BCUT2D eigenvalue weighted by Crippen LogP contribution is -2.32. The zero-order chi connectivity index (χ0) is 20.3. The standard InChI is InChI=1S/C23H39ClN2O2/c1-2-3-4-5-6-7-11-20-28-22-14-12-21(13-15-22)23(27)26-19-18-25-17-10-8-9-16-24/h12-15,25H,2-11,16-20H2,1H3,(H,26,27). The van der Waals surface area contributed by atoms with Crippen molar-refractivity contribution >= 4 is 17.5 Å². The van der Waals surface area contributed by atoms with Gasteiger partial charge in [-0.1, -0.05) is 51.9 Å². The summed E-state index contributed by atoms with van der Waals surface area (Å²) < 4.78 is 5.77. The summed E-state index contributed by atoms with van der Waals surface area (Å²) in [4.78, 5) is 12.1. The van der Waals surface area contributed by atoms with Gasteiger partial charge in [-0.3, -0.25) is 4.79 Å². The van der Waals surface area contributed by atoms with Gasteiger partial charge in [0, 0.05) is 24.5 Å². The average Bonchev–Trinajstić information content (AvgIpc) is 2.72. The molecule has 1 aromatic rings. The second-order valence-corrected chi connectivity index (χ2v) is 7.63. The minimum atomic E-state index is -0.0393. The summed E-state index contributed by atoms with van der Waals surface area (Å²) in [5.74, 6) is 1.53. The molecular formula is C23H39ClN2O2. The molecule has 0 fully saturated rings. The van der Waals surface area contributed by atoms with E-state index in [9.17, 15) is 4.79 Å². The van der Waals surface area contributed by atoms with Gasteiger partial charge in [0.25, 0.3) is 5.91 Å². The number of ether oxygens (including phenoxy) is 1. The summed E-state index contributed by atoms with van der Waals surface area (Å²) in [6.07, 6.45) is 12.3. The van der Waals surface area contributed by atoms with Gasteiger partial charge in [0.05, 0.1) is 6.61 Å². The van der Waals surface area contributed by atoms with Crippen LogP contribution in [-0.2, 0) is 0 Å². The summed E-state index contributed by atoms with van der Waals surface area (Å²) in [6.45, 7) is 5.37. The summed E-state index contributed by atoms with van der Waals surface area (Å²) in [5, 5.41) is 6.27. The van der Waals surface area contributed by atoms with Gasteiger partial charge in [0.1, 0.15) is 5.75 Å². The number of carbonyl (C=O) groups excluding carboxylic acids is 1. The molecule has 1 amide bonds. The maximum atomic E-state index is 12.1. The fourth-order valence-electron chi connectivity index (χ4n) is 2.96. The first-order valence-electron chi connectivity index (χ1n) is 11.1. The lowest BCUT2D eigenvalue weighted by molar-refractivity contribution is 0.0954. The zero-order valence-corrected chi connectivity index (χ0v) is 18.4. The molecule has 1 rings (SSSR count). The molecule has 0 aromatic heterocycles. The molecule has 0 spiro atoms. The van der Waals surface area contributed by atoms with E-state index in [1.54, 1.807) is 0 Å². The van der Waals surface area contributed by atoms with Crippen LogP contribution < -0.4 is 15.4 Å². The number of alkyl halides is 1. The molecule has 5 heteroatoms. The van der Waals surface area contributed by atoms with Crippen LogP contribution in [0.1, 0.15) is 81.5 Å². The summed E-state index contributed by atoms with van der Waals surface area (Å²) in [6, 6.07) is 7.42. The number of hydrogen-bond acceptors (Lipinski definition) is 3. The van der Waals surface area contributed by atoms with Crippen molar-refractivity contribution in [3.63, 3.8) is 0 Å². The molecular weight excluding hydrogens is 372 g/mol. The topological polar surface area (TPSA) is 50.4 Å². The molecule has 0 aliphatic carbocycles. The van der Waals surface area contributed by atoms with E-state index in [1.165, 1.54) is 38.5 Å². The van der Waals surface area contributed by atoms with Gasteiger partial charge in [0.2, 0.25) is 0 Å². The smallest absolute Gasteiger partial charge is 0.251 e. The molecule has 0 aliphatic heterocycles. The molecule has 28 heavy (non-hydrogen) atoms. The van der Waals surface area contributed by atoms with Crippen LogP contribution in [0.2, 0.25) is 0 Å². The van der Waals surface area contributed by atoms with Crippen molar-refractivity contribution in [2.45, 2.75) is 71.1 Å². The van der Waals surface area contributed by atoms with Crippen molar-refractivity contribution in [3.05, 3.63) is 29.8 Å². The Labute approximate surface area is 176 Å². The van der Waals surface area contributed by atoms with Crippen molar-refractivity contribution in [2.24, 2.45) is 0 Å². The predicted molar refractivity (Wildman–Crippen MR) is 120 cm³/mol.